The van der Waals surface area contributed by atoms with Crippen molar-refractivity contribution >= 4 is 11.6 Å². The lowest BCUT2D eigenvalue weighted by Crippen LogP contribution is -2.69. The van der Waals surface area contributed by atoms with Gasteiger partial charge in [-0.25, -0.2) is 0 Å². The van der Waals surface area contributed by atoms with Crippen molar-refractivity contribution in [3.63, 3.8) is 0 Å². The van der Waals surface area contributed by atoms with Crippen LogP contribution >= 0.6 is 11.6 Å². The van der Waals surface area contributed by atoms with Gasteiger partial charge in [-0.05, 0) is 12.8 Å². The summed E-state index contributed by atoms with van der Waals surface area (Å²) in [6.45, 7) is -0.0902. The minimum atomic E-state index is -1.21. The van der Waals surface area contributed by atoms with Crippen LogP contribution in [0.25, 0.3) is 0 Å². The van der Waals surface area contributed by atoms with Gasteiger partial charge in [0.1, 0.15) is 12.2 Å². The summed E-state index contributed by atoms with van der Waals surface area (Å²) in [5.74, 6) is 0.601. The maximum absolute atomic E-state index is 9.96. The van der Waals surface area contributed by atoms with E-state index in [1.807, 2.05) is 0 Å². The van der Waals surface area contributed by atoms with E-state index in [9.17, 15) is 20.4 Å². The van der Waals surface area contributed by atoms with E-state index in [4.69, 9.17) is 11.6 Å². The highest BCUT2D eigenvalue weighted by Crippen LogP contribution is 2.26. The normalized spacial score (nSPS) is 38.3. The van der Waals surface area contributed by atoms with Crippen molar-refractivity contribution in [2.24, 2.45) is 0 Å². The molecular weight excluding hydrogens is 246 g/mol. The molecule has 0 aromatic rings. The molecule has 5 N–H and O–H groups in total. The Morgan fingerprint density at radius 2 is 1.88 bits per heavy atom. The predicted octanol–water partition coefficient (Wildman–Crippen LogP) is -0.797. The topological polar surface area (TPSA) is 93.0 Å². The number of hydrogen-bond acceptors (Lipinski definition) is 5. The maximum atomic E-state index is 9.96. The van der Waals surface area contributed by atoms with Crippen LogP contribution < -0.4 is 5.32 Å². The van der Waals surface area contributed by atoms with E-state index < -0.39 is 23.9 Å². The van der Waals surface area contributed by atoms with Gasteiger partial charge >= 0.3 is 0 Å². The second-order valence-corrected chi connectivity index (χ2v) is 5.08. The van der Waals surface area contributed by atoms with Gasteiger partial charge in [-0.1, -0.05) is 12.8 Å². The molecule has 5 nitrogen and oxygen atoms in total. The number of nitrogens with one attached hydrogen (secondary N) is 1. The van der Waals surface area contributed by atoms with Gasteiger partial charge in [0.15, 0.2) is 0 Å². The van der Waals surface area contributed by atoms with E-state index in [-0.39, 0.29) is 13.2 Å². The minimum Gasteiger partial charge on any atom is -0.394 e. The van der Waals surface area contributed by atoms with Crippen molar-refractivity contribution in [3.05, 3.63) is 0 Å². The molecule has 1 aliphatic heterocycles. The van der Waals surface area contributed by atoms with Gasteiger partial charge in [0, 0.05) is 12.4 Å². The Bertz CT molecular complexity index is 232. The molecule has 17 heavy (non-hydrogen) atoms. The molecule has 1 saturated heterocycles. The summed E-state index contributed by atoms with van der Waals surface area (Å²) < 4.78 is 0. The van der Waals surface area contributed by atoms with E-state index in [1.165, 1.54) is 0 Å². The zero-order chi connectivity index (χ0) is 12.9. The lowest BCUT2D eigenvalue weighted by molar-refractivity contribution is -0.135. The third-order valence-corrected chi connectivity index (χ3v) is 3.75. The van der Waals surface area contributed by atoms with Crippen molar-refractivity contribution in [3.8, 4) is 0 Å². The molecule has 0 aromatic carbocycles. The molecular formula is C11H22ClNO4. The Morgan fingerprint density at radius 3 is 2.47 bits per heavy atom. The molecule has 6 heteroatoms. The molecule has 0 saturated carbocycles. The molecule has 0 radical (unpaired) electrons. The number of halogens is 1. The molecule has 1 aliphatic rings. The quantitative estimate of drug-likeness (QED) is 0.321. The summed E-state index contributed by atoms with van der Waals surface area (Å²) in [7, 11) is 0. The number of hydrogen-bond donors (Lipinski definition) is 5. The Balaban J connectivity index is 2.54. The van der Waals surface area contributed by atoms with Gasteiger partial charge in [0.2, 0.25) is 0 Å². The number of aliphatic hydroxyl groups excluding tert-OH is 4. The zero-order valence-corrected chi connectivity index (χ0v) is 10.6. The van der Waals surface area contributed by atoms with Crippen LogP contribution in [0, 0.1) is 0 Å². The fraction of sp³-hybridized carbons (Fsp3) is 1.00. The Hall–Kier alpha value is 0.0900. The number of aliphatic hydroxyl groups is 4. The Kier molecular flexibility index (Phi) is 6.12. The minimum absolute atomic E-state index is 0.175. The summed E-state index contributed by atoms with van der Waals surface area (Å²) in [6, 6.07) is 0. The number of β-amino-alcohol motifs (C(OH)–C–C–N with tert-alkyl or cyclic N) is 1. The van der Waals surface area contributed by atoms with Crippen molar-refractivity contribution in [2.75, 3.05) is 19.0 Å². The van der Waals surface area contributed by atoms with E-state index in [1.54, 1.807) is 0 Å². The summed E-state index contributed by atoms with van der Waals surface area (Å²) >= 11 is 5.58. The summed E-state index contributed by atoms with van der Waals surface area (Å²) in [5.41, 5.74) is -0.912. The van der Waals surface area contributed by atoms with Gasteiger partial charge in [-0.3, -0.25) is 0 Å². The van der Waals surface area contributed by atoms with Crippen LogP contribution in [0.5, 0.6) is 0 Å². The van der Waals surface area contributed by atoms with Crippen LogP contribution in [0.2, 0.25) is 0 Å². The van der Waals surface area contributed by atoms with Crippen molar-refractivity contribution in [1.82, 2.24) is 5.32 Å². The number of piperidine rings is 1. The van der Waals surface area contributed by atoms with Gasteiger partial charge < -0.3 is 25.7 Å². The van der Waals surface area contributed by atoms with Gasteiger partial charge in [0.25, 0.3) is 0 Å². The average Bonchev–Trinajstić information content (AvgIpc) is 2.35. The summed E-state index contributed by atoms with van der Waals surface area (Å²) in [4.78, 5) is 0. The van der Waals surface area contributed by atoms with Gasteiger partial charge in [-0.15, -0.1) is 11.6 Å². The average molecular weight is 268 g/mol. The van der Waals surface area contributed by atoms with E-state index in [2.05, 4.69) is 5.32 Å². The first-order valence-electron chi connectivity index (χ1n) is 6.03. The molecule has 102 valence electrons. The summed E-state index contributed by atoms with van der Waals surface area (Å²) in [5, 5.41) is 41.4. The molecule has 0 aliphatic carbocycles. The molecule has 0 bridgehead atoms. The highest BCUT2D eigenvalue weighted by molar-refractivity contribution is 6.17. The molecule has 1 fully saturated rings. The highest BCUT2D eigenvalue weighted by Gasteiger charge is 2.46. The third kappa shape index (κ3) is 3.53. The first-order chi connectivity index (χ1) is 8.07. The third-order valence-electron chi connectivity index (χ3n) is 3.49. The second kappa shape index (κ2) is 6.87. The van der Waals surface area contributed by atoms with Crippen LogP contribution in [0.4, 0.5) is 0 Å². The summed E-state index contributed by atoms with van der Waals surface area (Å²) in [6.07, 6.45) is -0.204. The largest absolute Gasteiger partial charge is 0.394 e. The van der Waals surface area contributed by atoms with Crippen molar-refractivity contribution < 1.29 is 20.4 Å². The van der Waals surface area contributed by atoms with Crippen LogP contribution in [0.15, 0.2) is 0 Å². The molecule has 0 aromatic heterocycles. The van der Waals surface area contributed by atoms with Crippen LogP contribution in [-0.2, 0) is 0 Å². The molecule has 0 unspecified atom stereocenters. The fourth-order valence-electron chi connectivity index (χ4n) is 2.25. The van der Waals surface area contributed by atoms with Crippen LogP contribution in [0.1, 0.15) is 25.7 Å². The molecule has 0 amide bonds. The standard InChI is InChI=1S/C11H22ClNO4/c12-5-3-1-2-4-11(7-14)10(17)9(16)8(15)6-13-11/h8-10,13-17H,1-7H2/t8-,9+,10-,11+/m0/s1. The Labute approximate surface area is 106 Å². The number of unbranched alkanes of at least 4 members (excludes halogenated alkanes) is 2. The van der Waals surface area contributed by atoms with E-state index in [0.717, 1.165) is 19.3 Å². The fourth-order valence-corrected chi connectivity index (χ4v) is 2.44. The van der Waals surface area contributed by atoms with Crippen molar-refractivity contribution in [1.29, 1.82) is 0 Å². The van der Waals surface area contributed by atoms with E-state index in [0.29, 0.717) is 12.3 Å². The second-order valence-electron chi connectivity index (χ2n) is 4.70. The molecule has 1 heterocycles. The van der Waals surface area contributed by atoms with Crippen LogP contribution in [-0.4, -0.2) is 63.3 Å². The number of alkyl halides is 1. The molecule has 0 spiro atoms. The maximum Gasteiger partial charge on any atom is 0.109 e. The lowest BCUT2D eigenvalue weighted by atomic mass is 9.79. The lowest BCUT2D eigenvalue weighted by Gasteiger charge is -2.45. The van der Waals surface area contributed by atoms with Crippen molar-refractivity contribution in [2.45, 2.75) is 49.5 Å². The Morgan fingerprint density at radius 1 is 1.18 bits per heavy atom. The van der Waals surface area contributed by atoms with Crippen LogP contribution in [0.3, 0.4) is 0 Å². The zero-order valence-electron chi connectivity index (χ0n) is 9.85. The highest BCUT2D eigenvalue weighted by atomic mass is 35.5. The smallest absolute Gasteiger partial charge is 0.109 e. The van der Waals surface area contributed by atoms with Gasteiger partial charge in [0.05, 0.1) is 18.2 Å². The monoisotopic (exact) mass is 267 g/mol. The van der Waals surface area contributed by atoms with E-state index >= 15 is 0 Å². The number of rotatable bonds is 6. The predicted molar refractivity (Wildman–Crippen MR) is 65.0 cm³/mol. The van der Waals surface area contributed by atoms with Gasteiger partial charge in [-0.2, -0.15) is 0 Å². The first-order valence-corrected chi connectivity index (χ1v) is 6.57. The first kappa shape index (κ1) is 15.1. The SMILES string of the molecule is OC[C@@]1(CCCCCCl)NC[C@H](O)[C@@H](O)[C@@H]1O. The molecule has 1 rings (SSSR count). The molecule has 4 atom stereocenters.